The number of pyridine rings is 1. The van der Waals surface area contributed by atoms with Gasteiger partial charge in [-0.15, -0.1) is 11.3 Å². The molecule has 0 unspecified atom stereocenters. The Hall–Kier alpha value is -1.59. The highest BCUT2D eigenvalue weighted by molar-refractivity contribution is 7.16. The summed E-state index contributed by atoms with van der Waals surface area (Å²) in [5, 5.41) is 12.5. The minimum Gasteiger partial charge on any atom is -0.478 e. The average molecular weight is 323 g/mol. The molecule has 1 aliphatic rings. The van der Waals surface area contributed by atoms with Crippen molar-refractivity contribution in [3.63, 3.8) is 0 Å². The summed E-state index contributed by atoms with van der Waals surface area (Å²) in [6, 6.07) is 5.63. The Morgan fingerprint density at radius 3 is 3.00 bits per heavy atom. The van der Waals surface area contributed by atoms with Gasteiger partial charge in [0.2, 0.25) is 0 Å². The van der Waals surface area contributed by atoms with Crippen LogP contribution in [0.4, 0.5) is 5.82 Å². The summed E-state index contributed by atoms with van der Waals surface area (Å²) < 4.78 is 0.770. The summed E-state index contributed by atoms with van der Waals surface area (Å²) in [7, 11) is 0. The van der Waals surface area contributed by atoms with Crippen LogP contribution in [0.2, 0.25) is 4.34 Å². The van der Waals surface area contributed by atoms with E-state index in [0.29, 0.717) is 12.4 Å². The molecule has 3 rings (SSSR count). The summed E-state index contributed by atoms with van der Waals surface area (Å²) in [5.41, 5.74) is 2.37. The number of nitrogens with zero attached hydrogens (tertiary/aromatic N) is 1. The molecule has 0 atom stereocenters. The molecule has 0 amide bonds. The fraction of sp³-hybridized carbons (Fsp3) is 0.333. The van der Waals surface area contributed by atoms with Crippen molar-refractivity contribution >= 4 is 34.7 Å². The first kappa shape index (κ1) is 14.4. The molecule has 2 aromatic rings. The molecule has 4 nitrogen and oxygen atoms in total. The van der Waals surface area contributed by atoms with Crippen molar-refractivity contribution in [2.75, 3.05) is 11.9 Å². The summed E-state index contributed by atoms with van der Waals surface area (Å²) in [6.45, 7) is 0.642. The number of rotatable bonds is 5. The number of carboxylic acid groups (broad SMARTS) is 1. The van der Waals surface area contributed by atoms with Crippen molar-refractivity contribution in [1.82, 2.24) is 4.98 Å². The molecule has 1 aliphatic carbocycles. The molecular weight excluding hydrogens is 308 g/mol. The minimum atomic E-state index is -0.932. The van der Waals surface area contributed by atoms with Crippen molar-refractivity contribution in [3.05, 3.63) is 44.2 Å². The molecule has 0 bridgehead atoms. The zero-order valence-electron chi connectivity index (χ0n) is 11.4. The Bertz CT molecular complexity index is 684. The number of anilines is 1. The molecule has 0 saturated carbocycles. The lowest BCUT2D eigenvalue weighted by molar-refractivity contribution is 0.0697. The van der Waals surface area contributed by atoms with Crippen LogP contribution < -0.4 is 5.32 Å². The molecule has 0 aliphatic heterocycles. The maximum Gasteiger partial charge on any atom is 0.339 e. The lowest BCUT2D eigenvalue weighted by atomic mass is 10.1. The number of hydrogen-bond donors (Lipinski definition) is 2. The third-order valence-corrected chi connectivity index (χ3v) is 4.86. The van der Waals surface area contributed by atoms with E-state index in [4.69, 9.17) is 11.6 Å². The molecular formula is C15H15ClN2O2S. The molecule has 0 spiro atoms. The fourth-order valence-corrected chi connectivity index (χ4v) is 3.65. The monoisotopic (exact) mass is 322 g/mol. The van der Waals surface area contributed by atoms with Gasteiger partial charge < -0.3 is 10.4 Å². The largest absolute Gasteiger partial charge is 0.478 e. The van der Waals surface area contributed by atoms with E-state index in [-0.39, 0.29) is 5.56 Å². The van der Waals surface area contributed by atoms with Gasteiger partial charge in [-0.2, -0.15) is 0 Å². The van der Waals surface area contributed by atoms with Crippen LogP contribution in [0, 0.1) is 0 Å². The molecule has 2 N–H and O–H groups in total. The summed E-state index contributed by atoms with van der Waals surface area (Å²) >= 11 is 7.44. The van der Waals surface area contributed by atoms with Crippen LogP contribution in [0.5, 0.6) is 0 Å². The van der Waals surface area contributed by atoms with E-state index in [2.05, 4.69) is 10.3 Å². The van der Waals surface area contributed by atoms with Gasteiger partial charge in [0.15, 0.2) is 0 Å². The van der Waals surface area contributed by atoms with Crippen molar-refractivity contribution in [3.8, 4) is 0 Å². The molecule has 21 heavy (non-hydrogen) atoms. The minimum absolute atomic E-state index is 0.264. The number of aromatic carboxylic acids is 1. The molecule has 0 radical (unpaired) electrons. The number of aromatic nitrogens is 1. The summed E-state index contributed by atoms with van der Waals surface area (Å²) in [6.07, 6.45) is 3.72. The van der Waals surface area contributed by atoms with E-state index in [1.807, 2.05) is 12.1 Å². The van der Waals surface area contributed by atoms with Crippen LogP contribution in [0.15, 0.2) is 18.2 Å². The van der Waals surface area contributed by atoms with E-state index in [0.717, 1.165) is 41.3 Å². The van der Waals surface area contributed by atoms with Crippen molar-refractivity contribution in [2.24, 2.45) is 0 Å². The molecule has 110 valence electrons. The van der Waals surface area contributed by atoms with Gasteiger partial charge in [-0.1, -0.05) is 11.6 Å². The molecule has 2 heterocycles. The van der Waals surface area contributed by atoms with E-state index < -0.39 is 5.97 Å². The Morgan fingerprint density at radius 2 is 2.29 bits per heavy atom. The lowest BCUT2D eigenvalue weighted by Gasteiger charge is -2.10. The van der Waals surface area contributed by atoms with Gasteiger partial charge in [0.05, 0.1) is 4.34 Å². The third kappa shape index (κ3) is 3.19. The summed E-state index contributed by atoms with van der Waals surface area (Å²) in [5.74, 6) is -0.454. The quantitative estimate of drug-likeness (QED) is 0.882. The molecule has 6 heteroatoms. The van der Waals surface area contributed by atoms with Gasteiger partial charge >= 0.3 is 5.97 Å². The number of carboxylic acids is 1. The van der Waals surface area contributed by atoms with Gasteiger partial charge in [-0.3, -0.25) is 0 Å². The van der Waals surface area contributed by atoms with Gasteiger partial charge in [0, 0.05) is 17.1 Å². The lowest BCUT2D eigenvalue weighted by Crippen LogP contribution is -2.12. The first-order chi connectivity index (χ1) is 10.1. The average Bonchev–Trinajstić information content (AvgIpc) is 3.06. The standard InChI is InChI=1S/C15H15ClN2O2S/c16-13-5-4-10(21-13)6-7-17-14-11(15(19)20)8-9-2-1-3-12(9)18-14/h4-5,8H,1-3,6-7H2,(H,17,18)(H,19,20). The highest BCUT2D eigenvalue weighted by atomic mass is 35.5. The first-order valence-corrected chi connectivity index (χ1v) is 8.07. The Labute approximate surface area is 131 Å². The topological polar surface area (TPSA) is 62.2 Å². The van der Waals surface area contributed by atoms with E-state index in [9.17, 15) is 9.90 Å². The van der Waals surface area contributed by atoms with Crippen LogP contribution in [0.3, 0.4) is 0 Å². The fourth-order valence-electron chi connectivity index (χ4n) is 2.56. The van der Waals surface area contributed by atoms with E-state index in [1.165, 1.54) is 4.88 Å². The van der Waals surface area contributed by atoms with Gasteiger partial charge in [-0.25, -0.2) is 9.78 Å². The van der Waals surface area contributed by atoms with Crippen LogP contribution in [0.25, 0.3) is 0 Å². The number of thiophene rings is 1. The smallest absolute Gasteiger partial charge is 0.339 e. The Balaban J connectivity index is 1.73. The van der Waals surface area contributed by atoms with E-state index in [1.54, 1.807) is 17.4 Å². The molecule has 0 aromatic carbocycles. The zero-order chi connectivity index (χ0) is 14.8. The normalized spacial score (nSPS) is 13.2. The second-order valence-electron chi connectivity index (χ2n) is 5.03. The second kappa shape index (κ2) is 6.03. The number of nitrogens with one attached hydrogen (secondary N) is 1. The predicted octanol–water partition coefficient (Wildman–Crippen LogP) is 3.64. The van der Waals surface area contributed by atoms with Crippen molar-refractivity contribution in [1.29, 1.82) is 0 Å². The number of aryl methyl sites for hydroxylation is 2. The molecule has 0 fully saturated rings. The van der Waals surface area contributed by atoms with Crippen molar-refractivity contribution < 1.29 is 9.90 Å². The number of hydrogen-bond acceptors (Lipinski definition) is 4. The van der Waals surface area contributed by atoms with Gasteiger partial charge in [0.25, 0.3) is 0 Å². The maximum absolute atomic E-state index is 11.4. The summed E-state index contributed by atoms with van der Waals surface area (Å²) in [4.78, 5) is 17.0. The predicted molar refractivity (Wildman–Crippen MR) is 84.7 cm³/mol. The Kier molecular flexibility index (Phi) is 4.12. The third-order valence-electron chi connectivity index (χ3n) is 3.57. The van der Waals surface area contributed by atoms with Crippen LogP contribution in [0.1, 0.15) is 32.9 Å². The van der Waals surface area contributed by atoms with Gasteiger partial charge in [0.1, 0.15) is 11.4 Å². The number of carbonyl (C=O) groups is 1. The van der Waals surface area contributed by atoms with Crippen molar-refractivity contribution in [2.45, 2.75) is 25.7 Å². The molecule has 2 aromatic heterocycles. The first-order valence-electron chi connectivity index (χ1n) is 6.87. The van der Waals surface area contributed by atoms with Crippen LogP contribution in [-0.4, -0.2) is 22.6 Å². The maximum atomic E-state index is 11.4. The number of fused-ring (bicyclic) bond motifs is 1. The van der Waals surface area contributed by atoms with Crippen LogP contribution in [-0.2, 0) is 19.3 Å². The highest BCUT2D eigenvalue weighted by Crippen LogP contribution is 2.26. The van der Waals surface area contributed by atoms with E-state index >= 15 is 0 Å². The van der Waals surface area contributed by atoms with Gasteiger partial charge in [-0.05, 0) is 49.4 Å². The SMILES string of the molecule is O=C(O)c1cc2c(nc1NCCc1ccc(Cl)s1)CCC2. The number of halogens is 1. The van der Waals surface area contributed by atoms with Crippen LogP contribution >= 0.6 is 22.9 Å². The Morgan fingerprint density at radius 1 is 1.43 bits per heavy atom. The zero-order valence-corrected chi connectivity index (χ0v) is 12.9. The molecule has 0 saturated heterocycles. The highest BCUT2D eigenvalue weighted by Gasteiger charge is 2.19. The second-order valence-corrected chi connectivity index (χ2v) is 6.83.